The molecular weight excluding hydrogens is 256 g/mol. The van der Waals surface area contributed by atoms with Crippen LogP contribution in [0.1, 0.15) is 31.6 Å². The Morgan fingerprint density at radius 1 is 1.25 bits per heavy atom. The van der Waals surface area contributed by atoms with Crippen molar-refractivity contribution in [3.63, 3.8) is 0 Å². The molecule has 3 aromatic heterocycles. The number of nitrogens with zero attached hydrogens (tertiary/aromatic N) is 3. The fourth-order valence-corrected chi connectivity index (χ4v) is 2.84. The van der Waals surface area contributed by atoms with Gasteiger partial charge in [-0.25, -0.2) is 0 Å². The first kappa shape index (κ1) is 11.6. The molecular formula is C14H14N4O2. The smallest absolute Gasteiger partial charge is 0.258 e. The number of fused-ring (bicyclic) bond motifs is 1. The minimum atomic E-state index is -0.961. The first-order valence-corrected chi connectivity index (χ1v) is 6.75. The van der Waals surface area contributed by atoms with Gasteiger partial charge in [-0.3, -0.25) is 4.98 Å². The molecule has 1 aliphatic rings. The summed E-state index contributed by atoms with van der Waals surface area (Å²) in [4.78, 5) is 11.8. The predicted molar refractivity (Wildman–Crippen MR) is 71.8 cm³/mol. The molecule has 1 saturated carbocycles. The highest BCUT2D eigenvalue weighted by atomic mass is 16.5. The van der Waals surface area contributed by atoms with Crippen molar-refractivity contribution in [2.24, 2.45) is 0 Å². The van der Waals surface area contributed by atoms with Crippen molar-refractivity contribution < 1.29 is 9.63 Å². The number of aliphatic hydroxyl groups is 1. The Balaban J connectivity index is 1.80. The van der Waals surface area contributed by atoms with E-state index in [9.17, 15) is 5.11 Å². The second-order valence-electron chi connectivity index (χ2n) is 5.26. The van der Waals surface area contributed by atoms with Gasteiger partial charge in [0.1, 0.15) is 11.3 Å². The lowest BCUT2D eigenvalue weighted by Crippen LogP contribution is -2.21. The molecule has 4 rings (SSSR count). The molecule has 2 N–H and O–H groups in total. The molecule has 0 unspecified atom stereocenters. The van der Waals surface area contributed by atoms with E-state index in [1.54, 1.807) is 6.20 Å². The molecule has 6 heteroatoms. The van der Waals surface area contributed by atoms with Crippen LogP contribution in [0, 0.1) is 0 Å². The third kappa shape index (κ3) is 1.65. The van der Waals surface area contributed by atoms with Crippen LogP contribution in [0.5, 0.6) is 0 Å². The van der Waals surface area contributed by atoms with E-state index in [1.807, 2.05) is 18.3 Å². The molecule has 0 aliphatic heterocycles. The van der Waals surface area contributed by atoms with E-state index < -0.39 is 5.60 Å². The summed E-state index contributed by atoms with van der Waals surface area (Å²) < 4.78 is 5.27. The average molecular weight is 270 g/mol. The molecule has 0 atom stereocenters. The van der Waals surface area contributed by atoms with Crippen molar-refractivity contribution in [2.75, 3.05) is 0 Å². The predicted octanol–water partition coefficient (Wildman–Crippen LogP) is 2.37. The van der Waals surface area contributed by atoms with Gasteiger partial charge in [0, 0.05) is 23.3 Å². The second-order valence-corrected chi connectivity index (χ2v) is 5.26. The van der Waals surface area contributed by atoms with Crippen molar-refractivity contribution in [3.05, 3.63) is 30.4 Å². The first-order valence-electron chi connectivity index (χ1n) is 6.75. The van der Waals surface area contributed by atoms with E-state index in [-0.39, 0.29) is 0 Å². The van der Waals surface area contributed by atoms with Crippen LogP contribution in [0.2, 0.25) is 0 Å². The number of aromatic amines is 1. The maximum absolute atomic E-state index is 10.5. The van der Waals surface area contributed by atoms with Crippen molar-refractivity contribution >= 4 is 10.9 Å². The molecule has 0 saturated heterocycles. The summed E-state index contributed by atoms with van der Waals surface area (Å²) in [7, 11) is 0. The molecule has 1 fully saturated rings. The molecule has 0 radical (unpaired) electrons. The van der Waals surface area contributed by atoms with Crippen LogP contribution in [0.25, 0.3) is 22.4 Å². The Kier molecular flexibility index (Phi) is 2.40. The van der Waals surface area contributed by atoms with Gasteiger partial charge in [-0.15, -0.1) is 0 Å². The van der Waals surface area contributed by atoms with Gasteiger partial charge in [0.2, 0.25) is 5.82 Å². The van der Waals surface area contributed by atoms with Crippen LogP contribution in [-0.4, -0.2) is 25.2 Å². The zero-order valence-electron chi connectivity index (χ0n) is 10.8. The van der Waals surface area contributed by atoms with Gasteiger partial charge in [-0.1, -0.05) is 5.16 Å². The van der Waals surface area contributed by atoms with Gasteiger partial charge in [-0.2, -0.15) is 4.98 Å². The monoisotopic (exact) mass is 270 g/mol. The molecule has 0 amide bonds. The number of pyridine rings is 1. The van der Waals surface area contributed by atoms with E-state index in [0.29, 0.717) is 30.3 Å². The fourth-order valence-electron chi connectivity index (χ4n) is 2.84. The van der Waals surface area contributed by atoms with Crippen LogP contribution in [0.4, 0.5) is 0 Å². The zero-order chi connectivity index (χ0) is 13.6. The summed E-state index contributed by atoms with van der Waals surface area (Å²) in [5, 5.41) is 15.4. The Morgan fingerprint density at radius 2 is 2.10 bits per heavy atom. The Morgan fingerprint density at radius 3 is 2.95 bits per heavy atom. The van der Waals surface area contributed by atoms with Crippen molar-refractivity contribution in [2.45, 2.75) is 31.3 Å². The largest absolute Gasteiger partial charge is 0.380 e. The van der Waals surface area contributed by atoms with Crippen LogP contribution in [0.3, 0.4) is 0 Å². The maximum atomic E-state index is 10.5. The van der Waals surface area contributed by atoms with Crippen LogP contribution in [-0.2, 0) is 5.60 Å². The van der Waals surface area contributed by atoms with E-state index >= 15 is 0 Å². The lowest BCUT2D eigenvalue weighted by Gasteiger charge is -2.15. The summed E-state index contributed by atoms with van der Waals surface area (Å²) in [6.45, 7) is 0. The topological polar surface area (TPSA) is 87.8 Å². The van der Waals surface area contributed by atoms with E-state index in [1.165, 1.54) is 0 Å². The summed E-state index contributed by atoms with van der Waals surface area (Å²) in [5.41, 5.74) is 0.679. The van der Waals surface area contributed by atoms with Gasteiger partial charge in [-0.05, 0) is 37.8 Å². The highest BCUT2D eigenvalue weighted by molar-refractivity contribution is 5.90. The molecule has 3 heterocycles. The number of H-pyrrole nitrogens is 1. The molecule has 6 nitrogen and oxygen atoms in total. The maximum Gasteiger partial charge on any atom is 0.258 e. The van der Waals surface area contributed by atoms with E-state index in [4.69, 9.17) is 4.52 Å². The number of aromatic nitrogens is 4. The fraction of sp³-hybridized carbons (Fsp3) is 0.357. The van der Waals surface area contributed by atoms with E-state index in [0.717, 1.165) is 23.7 Å². The highest BCUT2D eigenvalue weighted by Crippen LogP contribution is 2.38. The Labute approximate surface area is 114 Å². The SMILES string of the molecule is OC1(c2nc(-c3nccc4[nH]ccc34)no2)CCCC1. The number of hydrogen-bond donors (Lipinski definition) is 2. The minimum Gasteiger partial charge on any atom is -0.380 e. The lowest BCUT2D eigenvalue weighted by atomic mass is 10.0. The van der Waals surface area contributed by atoms with Gasteiger partial charge in [0.15, 0.2) is 0 Å². The summed E-state index contributed by atoms with van der Waals surface area (Å²) in [6, 6.07) is 3.82. The summed E-state index contributed by atoms with van der Waals surface area (Å²) in [5.74, 6) is 0.727. The third-order valence-corrected chi connectivity index (χ3v) is 3.95. The molecule has 0 spiro atoms. The quantitative estimate of drug-likeness (QED) is 0.746. The molecule has 20 heavy (non-hydrogen) atoms. The normalized spacial score (nSPS) is 17.9. The molecule has 3 aromatic rings. The van der Waals surface area contributed by atoms with Gasteiger partial charge < -0.3 is 14.6 Å². The Bertz CT molecular complexity index is 755. The molecule has 102 valence electrons. The van der Waals surface area contributed by atoms with Crippen molar-refractivity contribution in [1.82, 2.24) is 20.1 Å². The Hall–Kier alpha value is -2.21. The summed E-state index contributed by atoms with van der Waals surface area (Å²) in [6.07, 6.45) is 6.88. The van der Waals surface area contributed by atoms with Crippen LogP contribution in [0.15, 0.2) is 29.0 Å². The molecule has 0 aromatic carbocycles. The third-order valence-electron chi connectivity index (χ3n) is 3.95. The van der Waals surface area contributed by atoms with Gasteiger partial charge >= 0.3 is 0 Å². The number of hydrogen-bond acceptors (Lipinski definition) is 5. The van der Waals surface area contributed by atoms with Crippen molar-refractivity contribution in [1.29, 1.82) is 0 Å². The lowest BCUT2D eigenvalue weighted by molar-refractivity contribution is 0.0112. The van der Waals surface area contributed by atoms with Crippen LogP contribution >= 0.6 is 0 Å². The first-order chi connectivity index (χ1) is 9.76. The minimum absolute atomic E-state index is 0.305. The highest BCUT2D eigenvalue weighted by Gasteiger charge is 2.38. The standard InChI is InChI=1S/C14H14N4O2/c19-14(5-1-2-6-14)13-17-12(18-20-13)11-9-3-7-15-10(9)4-8-16-11/h3-4,7-8,15,19H,1-2,5-6H2. The number of rotatable bonds is 2. The van der Waals surface area contributed by atoms with Crippen molar-refractivity contribution in [3.8, 4) is 11.5 Å². The number of nitrogens with one attached hydrogen (secondary N) is 1. The molecule has 0 bridgehead atoms. The van der Waals surface area contributed by atoms with E-state index in [2.05, 4.69) is 20.1 Å². The zero-order valence-corrected chi connectivity index (χ0v) is 10.8. The second kappa shape index (κ2) is 4.14. The van der Waals surface area contributed by atoms with Gasteiger partial charge in [0.05, 0.1) is 0 Å². The van der Waals surface area contributed by atoms with Gasteiger partial charge in [0.25, 0.3) is 5.89 Å². The summed E-state index contributed by atoms with van der Waals surface area (Å²) >= 11 is 0. The molecule has 1 aliphatic carbocycles. The van der Waals surface area contributed by atoms with Crippen LogP contribution < -0.4 is 0 Å². The average Bonchev–Trinajstić information content (AvgIpc) is 3.18.